The molecule has 0 spiro atoms. The van der Waals surface area contributed by atoms with Gasteiger partial charge >= 0.3 is 0 Å². The molecular formula is C20H19ClN6O2S. The van der Waals surface area contributed by atoms with Crippen LogP contribution in [0.2, 0.25) is 5.02 Å². The zero-order valence-electron chi connectivity index (χ0n) is 16.3. The lowest BCUT2D eigenvalue weighted by atomic mass is 9.96. The van der Waals surface area contributed by atoms with Gasteiger partial charge < -0.3 is 11.2 Å². The minimum absolute atomic E-state index is 0.0307. The Morgan fingerprint density at radius 3 is 2.63 bits per heavy atom. The summed E-state index contributed by atoms with van der Waals surface area (Å²) in [6.07, 6.45) is 0. The number of anilines is 2. The van der Waals surface area contributed by atoms with Crippen molar-refractivity contribution in [2.24, 2.45) is 0 Å². The van der Waals surface area contributed by atoms with Crippen LogP contribution in [0.25, 0.3) is 11.4 Å². The molecule has 3 N–H and O–H groups in total. The van der Waals surface area contributed by atoms with Crippen molar-refractivity contribution in [2.75, 3.05) is 21.8 Å². The number of benzene rings is 2. The standard InChI is InChI=1S/C20H19ClN6O2S/c1-20(2)18(29)23-14-9-5-6-10-15(14)26(20)16(28)11-30-19-25-24-17(27(19)22)12-7-3-4-8-13(12)21/h3-10H,11,22H2,1-2H3,(H,23,29). The van der Waals surface area contributed by atoms with Gasteiger partial charge in [0.05, 0.1) is 22.2 Å². The second-order valence-electron chi connectivity index (χ2n) is 7.20. The Balaban J connectivity index is 1.57. The average Bonchev–Trinajstić information content (AvgIpc) is 3.07. The summed E-state index contributed by atoms with van der Waals surface area (Å²) in [7, 11) is 0. The molecule has 0 bridgehead atoms. The van der Waals surface area contributed by atoms with Crippen molar-refractivity contribution >= 4 is 46.6 Å². The largest absolute Gasteiger partial charge is 0.335 e. The average molecular weight is 443 g/mol. The fourth-order valence-corrected chi connectivity index (χ4v) is 4.22. The molecule has 0 aliphatic carbocycles. The maximum Gasteiger partial charge on any atom is 0.250 e. The lowest BCUT2D eigenvalue weighted by Crippen LogP contribution is -2.59. The number of hydrogen-bond donors (Lipinski definition) is 2. The van der Waals surface area contributed by atoms with Crippen molar-refractivity contribution < 1.29 is 9.59 Å². The predicted molar refractivity (Wildman–Crippen MR) is 118 cm³/mol. The zero-order valence-corrected chi connectivity index (χ0v) is 17.9. The summed E-state index contributed by atoms with van der Waals surface area (Å²) in [4.78, 5) is 27.2. The smallest absolute Gasteiger partial charge is 0.250 e. The summed E-state index contributed by atoms with van der Waals surface area (Å²) in [5, 5.41) is 11.9. The van der Waals surface area contributed by atoms with Crippen LogP contribution in [0.15, 0.2) is 53.7 Å². The fraction of sp³-hybridized carbons (Fsp3) is 0.200. The highest BCUT2D eigenvalue weighted by molar-refractivity contribution is 7.99. The van der Waals surface area contributed by atoms with Gasteiger partial charge in [0, 0.05) is 5.56 Å². The number of amides is 2. The van der Waals surface area contributed by atoms with Crippen LogP contribution in [0.4, 0.5) is 11.4 Å². The summed E-state index contributed by atoms with van der Waals surface area (Å²) < 4.78 is 1.31. The summed E-state index contributed by atoms with van der Waals surface area (Å²) in [6.45, 7) is 3.42. The van der Waals surface area contributed by atoms with Gasteiger partial charge in [0.2, 0.25) is 17.0 Å². The predicted octanol–water partition coefficient (Wildman–Crippen LogP) is 3.17. The van der Waals surface area contributed by atoms with Crippen LogP contribution >= 0.6 is 23.4 Å². The maximum atomic E-state index is 13.1. The third-order valence-electron chi connectivity index (χ3n) is 4.86. The van der Waals surface area contributed by atoms with Gasteiger partial charge in [-0.2, -0.15) is 0 Å². The Morgan fingerprint density at radius 2 is 1.87 bits per heavy atom. The molecule has 0 radical (unpaired) electrons. The van der Waals surface area contributed by atoms with Crippen LogP contribution in [0, 0.1) is 0 Å². The second kappa shape index (κ2) is 7.66. The molecule has 0 unspecified atom stereocenters. The molecule has 2 heterocycles. The first kappa shape index (κ1) is 20.2. The molecule has 4 rings (SSSR count). The van der Waals surface area contributed by atoms with Crippen molar-refractivity contribution in [3.63, 3.8) is 0 Å². The Morgan fingerprint density at radius 1 is 1.17 bits per heavy atom. The first-order chi connectivity index (χ1) is 14.3. The number of halogens is 1. The van der Waals surface area contributed by atoms with Gasteiger partial charge in [-0.15, -0.1) is 10.2 Å². The highest BCUT2D eigenvalue weighted by Crippen LogP contribution is 2.37. The van der Waals surface area contributed by atoms with E-state index in [1.54, 1.807) is 38.1 Å². The van der Waals surface area contributed by atoms with Gasteiger partial charge in [-0.3, -0.25) is 14.5 Å². The first-order valence-corrected chi connectivity index (χ1v) is 10.5. The van der Waals surface area contributed by atoms with Crippen LogP contribution in [-0.4, -0.2) is 38.0 Å². The van der Waals surface area contributed by atoms with E-state index in [0.717, 1.165) is 11.8 Å². The Kier molecular flexibility index (Phi) is 5.17. The molecular weight excluding hydrogens is 424 g/mol. The molecule has 1 aromatic heterocycles. The van der Waals surface area contributed by atoms with E-state index in [9.17, 15) is 9.59 Å². The molecule has 3 aromatic rings. The van der Waals surface area contributed by atoms with Crippen molar-refractivity contribution in [1.29, 1.82) is 0 Å². The maximum absolute atomic E-state index is 13.1. The number of nitrogens with zero attached hydrogens (tertiary/aromatic N) is 4. The number of hydrogen-bond acceptors (Lipinski definition) is 6. The number of nitrogens with one attached hydrogen (secondary N) is 1. The number of carbonyl (C=O) groups excluding carboxylic acids is 2. The van der Waals surface area contributed by atoms with Gasteiger partial charge in [0.25, 0.3) is 0 Å². The molecule has 2 amide bonds. The molecule has 10 heteroatoms. The molecule has 154 valence electrons. The third kappa shape index (κ3) is 3.40. The number of nitrogens with two attached hydrogens (primary N) is 1. The van der Waals surface area contributed by atoms with E-state index in [1.807, 2.05) is 24.3 Å². The summed E-state index contributed by atoms with van der Waals surface area (Å²) >= 11 is 7.37. The third-order valence-corrected chi connectivity index (χ3v) is 6.12. The Labute approximate surface area is 182 Å². The summed E-state index contributed by atoms with van der Waals surface area (Å²) in [5.74, 6) is 6.09. The van der Waals surface area contributed by atoms with Gasteiger partial charge in [0.1, 0.15) is 5.54 Å². The van der Waals surface area contributed by atoms with Crippen molar-refractivity contribution in [3.8, 4) is 11.4 Å². The molecule has 2 aromatic carbocycles. The van der Waals surface area contributed by atoms with E-state index in [-0.39, 0.29) is 17.6 Å². The minimum Gasteiger partial charge on any atom is -0.335 e. The molecule has 0 fully saturated rings. The van der Waals surface area contributed by atoms with Crippen LogP contribution in [0.1, 0.15) is 13.8 Å². The molecule has 1 aliphatic heterocycles. The molecule has 30 heavy (non-hydrogen) atoms. The van der Waals surface area contributed by atoms with Gasteiger partial charge in [-0.25, -0.2) is 4.68 Å². The van der Waals surface area contributed by atoms with E-state index in [0.29, 0.717) is 32.9 Å². The zero-order chi connectivity index (χ0) is 21.5. The molecule has 0 atom stereocenters. The molecule has 1 aliphatic rings. The fourth-order valence-electron chi connectivity index (χ4n) is 3.29. The quantitative estimate of drug-likeness (QED) is 0.474. The topological polar surface area (TPSA) is 106 Å². The van der Waals surface area contributed by atoms with E-state index < -0.39 is 5.54 Å². The van der Waals surface area contributed by atoms with Crippen LogP contribution in [-0.2, 0) is 9.59 Å². The van der Waals surface area contributed by atoms with Gasteiger partial charge in [-0.1, -0.05) is 47.6 Å². The van der Waals surface area contributed by atoms with E-state index in [1.165, 1.54) is 9.58 Å². The molecule has 0 saturated heterocycles. The number of carbonyl (C=O) groups is 2. The number of aromatic nitrogens is 3. The SMILES string of the molecule is CC1(C)C(=O)Nc2ccccc2N1C(=O)CSc1nnc(-c2ccccc2Cl)n1N. The number of para-hydroxylation sites is 2. The Hall–Kier alpha value is -3.04. The first-order valence-electron chi connectivity index (χ1n) is 9.12. The van der Waals surface area contributed by atoms with Gasteiger partial charge in [-0.05, 0) is 38.1 Å². The molecule has 8 nitrogen and oxygen atoms in total. The summed E-state index contributed by atoms with van der Waals surface area (Å²) in [5.41, 5.74) is 0.863. The van der Waals surface area contributed by atoms with E-state index >= 15 is 0 Å². The van der Waals surface area contributed by atoms with Crippen molar-refractivity contribution in [2.45, 2.75) is 24.5 Å². The highest BCUT2D eigenvalue weighted by Gasteiger charge is 2.43. The van der Waals surface area contributed by atoms with Crippen LogP contribution < -0.4 is 16.1 Å². The van der Waals surface area contributed by atoms with Crippen LogP contribution in [0.3, 0.4) is 0 Å². The lowest BCUT2D eigenvalue weighted by Gasteiger charge is -2.42. The van der Waals surface area contributed by atoms with E-state index in [2.05, 4.69) is 15.5 Å². The molecule has 0 saturated carbocycles. The highest BCUT2D eigenvalue weighted by atomic mass is 35.5. The van der Waals surface area contributed by atoms with Gasteiger partial charge in [0.15, 0.2) is 5.82 Å². The number of rotatable bonds is 4. The summed E-state index contributed by atoms with van der Waals surface area (Å²) in [6, 6.07) is 14.4. The normalized spacial score (nSPS) is 14.9. The second-order valence-corrected chi connectivity index (χ2v) is 8.55. The van der Waals surface area contributed by atoms with Crippen molar-refractivity contribution in [1.82, 2.24) is 14.9 Å². The van der Waals surface area contributed by atoms with Crippen LogP contribution in [0.5, 0.6) is 0 Å². The lowest BCUT2D eigenvalue weighted by molar-refractivity contribution is -0.125. The van der Waals surface area contributed by atoms with E-state index in [4.69, 9.17) is 17.4 Å². The number of fused-ring (bicyclic) bond motifs is 1. The van der Waals surface area contributed by atoms with Crippen molar-refractivity contribution in [3.05, 3.63) is 53.6 Å². The number of thioether (sulfide) groups is 1. The Bertz CT molecular complexity index is 1150. The number of nitrogen functional groups attached to an aromatic ring is 1. The minimum atomic E-state index is -1.04. The monoisotopic (exact) mass is 442 g/mol.